The first-order valence-electron chi connectivity index (χ1n) is 10.4. The van der Waals surface area contributed by atoms with Gasteiger partial charge in [-0.2, -0.15) is 5.26 Å². The van der Waals surface area contributed by atoms with Crippen LogP contribution in [0.15, 0.2) is 36.4 Å². The number of ether oxygens (including phenoxy) is 1. The number of hydrogen-bond donors (Lipinski definition) is 0. The fourth-order valence-corrected chi connectivity index (χ4v) is 3.87. The Kier molecular flexibility index (Phi) is 6.35. The van der Waals surface area contributed by atoms with Crippen LogP contribution in [0.25, 0.3) is 0 Å². The lowest BCUT2D eigenvalue weighted by molar-refractivity contribution is 0.0174. The highest BCUT2D eigenvalue weighted by atomic mass is 16.6. The third-order valence-corrected chi connectivity index (χ3v) is 5.33. The number of nitriles is 1. The third-order valence-electron chi connectivity index (χ3n) is 5.33. The number of anilines is 1. The van der Waals surface area contributed by atoms with Crippen molar-refractivity contribution in [2.75, 3.05) is 37.6 Å². The van der Waals surface area contributed by atoms with Gasteiger partial charge >= 0.3 is 12.1 Å². The molecule has 0 aliphatic carbocycles. The van der Waals surface area contributed by atoms with Crippen molar-refractivity contribution < 1.29 is 14.3 Å². The predicted octanol–water partition coefficient (Wildman–Crippen LogP) is 4.00. The van der Waals surface area contributed by atoms with E-state index < -0.39 is 5.60 Å². The summed E-state index contributed by atoms with van der Waals surface area (Å²) >= 11 is 0. The Bertz CT molecular complexity index is 860. The van der Waals surface area contributed by atoms with Crippen molar-refractivity contribution in [3.8, 4) is 6.07 Å². The van der Waals surface area contributed by atoms with E-state index in [9.17, 15) is 9.59 Å². The van der Waals surface area contributed by atoms with Crippen LogP contribution in [-0.2, 0) is 4.74 Å². The van der Waals surface area contributed by atoms with Gasteiger partial charge in [0, 0.05) is 31.9 Å². The van der Waals surface area contributed by atoms with E-state index in [2.05, 4.69) is 12.6 Å². The van der Waals surface area contributed by atoms with Crippen molar-refractivity contribution >= 4 is 17.8 Å². The normalized spacial score (nSPS) is 18.4. The number of carbonyl (C=O) groups excluding carboxylic acids is 2. The zero-order chi connectivity index (χ0) is 21.9. The van der Waals surface area contributed by atoms with E-state index in [1.54, 1.807) is 28.0 Å². The summed E-state index contributed by atoms with van der Waals surface area (Å²) in [5.41, 5.74) is 1.70. The number of rotatable bonds is 3. The van der Waals surface area contributed by atoms with Crippen molar-refractivity contribution in [2.24, 2.45) is 5.92 Å². The molecule has 30 heavy (non-hydrogen) atoms. The smallest absolute Gasteiger partial charge is 0.410 e. The highest BCUT2D eigenvalue weighted by Gasteiger charge is 2.33. The lowest BCUT2D eigenvalue weighted by Gasteiger charge is -2.40. The molecule has 2 fully saturated rings. The summed E-state index contributed by atoms with van der Waals surface area (Å²) in [7, 11) is 0. The standard InChI is InChI=1S/C23H30N4O3/c1-17-14-26(21(28)27(15-17)20-7-5-6-19(12-20)13-24)16-18-8-10-25(11-9-18)22(29)30-23(2,3)4/h5-7,12,18H,1,8-11,14-16H2,2-4H3. The fraction of sp³-hybridized carbons (Fsp3) is 0.522. The van der Waals surface area contributed by atoms with Crippen LogP contribution in [0.4, 0.5) is 15.3 Å². The summed E-state index contributed by atoms with van der Waals surface area (Å²) in [4.78, 5) is 30.6. The quantitative estimate of drug-likeness (QED) is 0.706. The minimum absolute atomic E-state index is 0.0629. The van der Waals surface area contributed by atoms with Gasteiger partial charge in [-0.15, -0.1) is 0 Å². The van der Waals surface area contributed by atoms with E-state index in [1.165, 1.54) is 0 Å². The lowest BCUT2D eigenvalue weighted by Crippen LogP contribution is -2.52. The van der Waals surface area contributed by atoms with Gasteiger partial charge in [-0.05, 0) is 63.3 Å². The summed E-state index contributed by atoms with van der Waals surface area (Å²) < 4.78 is 5.46. The van der Waals surface area contributed by atoms with Gasteiger partial charge in [0.15, 0.2) is 0 Å². The Morgan fingerprint density at radius 2 is 1.97 bits per heavy atom. The molecule has 2 aliphatic rings. The molecule has 2 saturated heterocycles. The summed E-state index contributed by atoms with van der Waals surface area (Å²) in [6.45, 7) is 12.6. The van der Waals surface area contributed by atoms with Gasteiger partial charge in [-0.25, -0.2) is 9.59 Å². The monoisotopic (exact) mass is 410 g/mol. The molecule has 0 aromatic heterocycles. The highest BCUT2D eigenvalue weighted by molar-refractivity contribution is 5.94. The van der Waals surface area contributed by atoms with E-state index in [1.807, 2.05) is 31.7 Å². The number of amides is 3. The second-order valence-electron chi connectivity index (χ2n) is 9.07. The summed E-state index contributed by atoms with van der Waals surface area (Å²) in [6, 6.07) is 9.14. The second kappa shape index (κ2) is 8.78. The Hall–Kier alpha value is -3.01. The number of carbonyl (C=O) groups is 2. The average Bonchev–Trinajstić information content (AvgIpc) is 2.69. The Balaban J connectivity index is 1.60. The fourth-order valence-electron chi connectivity index (χ4n) is 3.87. The Morgan fingerprint density at radius 1 is 1.27 bits per heavy atom. The van der Waals surface area contributed by atoms with Crippen LogP contribution >= 0.6 is 0 Å². The van der Waals surface area contributed by atoms with Gasteiger partial charge in [-0.3, -0.25) is 4.90 Å². The molecule has 0 N–H and O–H groups in total. The summed E-state index contributed by atoms with van der Waals surface area (Å²) in [6.07, 6.45) is 1.39. The van der Waals surface area contributed by atoms with Crippen LogP contribution in [0.1, 0.15) is 39.2 Å². The molecule has 2 aliphatic heterocycles. The number of benzene rings is 1. The molecule has 160 valence electrons. The van der Waals surface area contributed by atoms with Gasteiger partial charge < -0.3 is 14.5 Å². The molecular weight excluding hydrogens is 380 g/mol. The van der Waals surface area contributed by atoms with Crippen molar-refractivity contribution in [3.05, 3.63) is 42.0 Å². The second-order valence-corrected chi connectivity index (χ2v) is 9.07. The minimum atomic E-state index is -0.499. The predicted molar refractivity (Wildman–Crippen MR) is 115 cm³/mol. The molecule has 0 radical (unpaired) electrons. The van der Waals surface area contributed by atoms with Crippen molar-refractivity contribution in [1.82, 2.24) is 9.80 Å². The molecule has 0 saturated carbocycles. The number of nitrogens with zero attached hydrogens (tertiary/aromatic N) is 4. The molecule has 3 rings (SSSR count). The molecule has 7 heteroatoms. The van der Waals surface area contributed by atoms with Crippen LogP contribution in [0, 0.1) is 17.2 Å². The third kappa shape index (κ3) is 5.32. The number of likely N-dealkylation sites (tertiary alicyclic amines) is 1. The summed E-state index contributed by atoms with van der Waals surface area (Å²) in [5.74, 6) is 0.325. The van der Waals surface area contributed by atoms with Crippen LogP contribution < -0.4 is 4.90 Å². The molecule has 1 aromatic rings. The average molecular weight is 411 g/mol. The van der Waals surface area contributed by atoms with Crippen LogP contribution in [0.5, 0.6) is 0 Å². The first kappa shape index (κ1) is 21.7. The van der Waals surface area contributed by atoms with Crippen LogP contribution in [0.2, 0.25) is 0 Å². The summed E-state index contributed by atoms with van der Waals surface area (Å²) in [5, 5.41) is 9.15. The Morgan fingerprint density at radius 3 is 2.60 bits per heavy atom. The van der Waals surface area contributed by atoms with E-state index in [-0.39, 0.29) is 12.1 Å². The molecule has 7 nitrogen and oxygen atoms in total. The number of piperidine rings is 1. The minimum Gasteiger partial charge on any atom is -0.444 e. The molecule has 0 unspecified atom stereocenters. The van der Waals surface area contributed by atoms with Crippen molar-refractivity contribution in [2.45, 2.75) is 39.2 Å². The Labute approximate surface area is 178 Å². The lowest BCUT2D eigenvalue weighted by atomic mass is 9.96. The molecular formula is C23H30N4O3. The molecule has 2 heterocycles. The first-order chi connectivity index (χ1) is 14.2. The maximum Gasteiger partial charge on any atom is 0.410 e. The SMILES string of the molecule is C=C1CN(CC2CCN(C(=O)OC(C)(C)C)CC2)C(=O)N(c2cccc(C#N)c2)C1. The largest absolute Gasteiger partial charge is 0.444 e. The highest BCUT2D eigenvalue weighted by Crippen LogP contribution is 2.26. The van der Waals surface area contributed by atoms with E-state index in [4.69, 9.17) is 10.00 Å². The maximum atomic E-state index is 13.1. The first-order valence-corrected chi connectivity index (χ1v) is 10.4. The zero-order valence-corrected chi connectivity index (χ0v) is 18.1. The topological polar surface area (TPSA) is 76.9 Å². The van der Waals surface area contributed by atoms with E-state index >= 15 is 0 Å². The van der Waals surface area contributed by atoms with E-state index in [0.29, 0.717) is 49.9 Å². The molecule has 0 spiro atoms. The molecule has 0 bridgehead atoms. The van der Waals surface area contributed by atoms with E-state index in [0.717, 1.165) is 18.4 Å². The molecule has 1 aromatic carbocycles. The van der Waals surface area contributed by atoms with Crippen molar-refractivity contribution in [1.29, 1.82) is 5.26 Å². The van der Waals surface area contributed by atoms with Gasteiger partial charge in [0.25, 0.3) is 0 Å². The molecule has 0 atom stereocenters. The van der Waals surface area contributed by atoms with Gasteiger partial charge in [0.05, 0.1) is 18.2 Å². The van der Waals surface area contributed by atoms with Gasteiger partial charge in [0.2, 0.25) is 0 Å². The molecule has 3 amide bonds. The van der Waals surface area contributed by atoms with Gasteiger partial charge in [-0.1, -0.05) is 12.6 Å². The van der Waals surface area contributed by atoms with Gasteiger partial charge in [0.1, 0.15) is 5.60 Å². The zero-order valence-electron chi connectivity index (χ0n) is 18.1. The van der Waals surface area contributed by atoms with Crippen LogP contribution in [0.3, 0.4) is 0 Å². The number of urea groups is 1. The maximum absolute atomic E-state index is 13.1. The van der Waals surface area contributed by atoms with Crippen LogP contribution in [-0.4, -0.2) is 60.2 Å². The van der Waals surface area contributed by atoms with Crippen molar-refractivity contribution in [3.63, 3.8) is 0 Å². The number of hydrogen-bond acceptors (Lipinski definition) is 4.